The van der Waals surface area contributed by atoms with Crippen molar-refractivity contribution in [3.8, 4) is 0 Å². The molecule has 0 bridgehead atoms. The third kappa shape index (κ3) is 3.16. The van der Waals surface area contributed by atoms with E-state index >= 15 is 0 Å². The summed E-state index contributed by atoms with van der Waals surface area (Å²) >= 11 is 0. The van der Waals surface area contributed by atoms with Crippen LogP contribution in [0.5, 0.6) is 0 Å². The average molecular weight is 313 g/mol. The number of amides is 1. The third-order valence-electron chi connectivity index (χ3n) is 4.15. The summed E-state index contributed by atoms with van der Waals surface area (Å²) in [4.78, 5) is 34.6. The van der Waals surface area contributed by atoms with Crippen molar-refractivity contribution in [3.05, 3.63) is 36.3 Å². The van der Waals surface area contributed by atoms with Crippen molar-refractivity contribution < 1.29 is 14.3 Å². The van der Waals surface area contributed by atoms with E-state index < -0.39 is 0 Å². The van der Waals surface area contributed by atoms with Crippen LogP contribution in [0, 0.1) is 5.92 Å². The summed E-state index contributed by atoms with van der Waals surface area (Å²) in [5.74, 6) is -0.376. The lowest BCUT2D eigenvalue weighted by Gasteiger charge is -2.30. The van der Waals surface area contributed by atoms with E-state index in [0.29, 0.717) is 38.2 Å². The molecule has 0 atom stereocenters. The molecule has 2 aromatic rings. The van der Waals surface area contributed by atoms with Gasteiger partial charge in [-0.2, -0.15) is 0 Å². The second kappa shape index (κ2) is 6.73. The van der Waals surface area contributed by atoms with Crippen molar-refractivity contribution in [2.75, 3.05) is 19.7 Å². The van der Waals surface area contributed by atoms with Gasteiger partial charge < -0.3 is 9.64 Å². The van der Waals surface area contributed by atoms with Crippen LogP contribution in [-0.4, -0.2) is 46.4 Å². The topological polar surface area (TPSA) is 72.4 Å². The van der Waals surface area contributed by atoms with Crippen molar-refractivity contribution in [3.63, 3.8) is 0 Å². The van der Waals surface area contributed by atoms with E-state index in [1.54, 1.807) is 11.8 Å². The van der Waals surface area contributed by atoms with Gasteiger partial charge in [-0.3, -0.25) is 9.59 Å². The highest BCUT2D eigenvalue weighted by molar-refractivity contribution is 6.04. The van der Waals surface area contributed by atoms with Crippen LogP contribution >= 0.6 is 0 Å². The standard InChI is InChI=1S/C17H19N3O3/c1-2-23-17(22)12-7-9-20(10-8-12)16(21)15-13-5-3-4-6-14(13)18-11-19-15/h3-6,11-12H,2,7-10H2,1H3. The minimum absolute atomic E-state index is 0.106. The minimum Gasteiger partial charge on any atom is -0.466 e. The quantitative estimate of drug-likeness (QED) is 0.811. The number of hydrogen-bond donors (Lipinski definition) is 0. The Hall–Kier alpha value is -2.50. The molecule has 0 radical (unpaired) electrons. The monoisotopic (exact) mass is 313 g/mol. The number of hydrogen-bond acceptors (Lipinski definition) is 5. The fourth-order valence-corrected chi connectivity index (χ4v) is 2.90. The molecule has 1 aliphatic rings. The first-order valence-corrected chi connectivity index (χ1v) is 7.86. The Bertz CT molecular complexity index is 719. The van der Waals surface area contributed by atoms with Gasteiger partial charge in [-0.05, 0) is 25.8 Å². The maximum Gasteiger partial charge on any atom is 0.309 e. The van der Waals surface area contributed by atoms with E-state index in [-0.39, 0.29) is 17.8 Å². The second-order valence-corrected chi connectivity index (χ2v) is 5.56. The van der Waals surface area contributed by atoms with Gasteiger partial charge in [0.25, 0.3) is 5.91 Å². The maximum atomic E-state index is 12.7. The molecule has 2 heterocycles. The minimum atomic E-state index is -0.160. The number of piperidine rings is 1. The number of aromatic nitrogens is 2. The van der Waals surface area contributed by atoms with Crippen LogP contribution < -0.4 is 0 Å². The van der Waals surface area contributed by atoms with Gasteiger partial charge in [0.1, 0.15) is 12.0 Å². The zero-order valence-corrected chi connectivity index (χ0v) is 13.1. The highest BCUT2D eigenvalue weighted by Gasteiger charge is 2.29. The Morgan fingerprint density at radius 2 is 1.96 bits per heavy atom. The fourth-order valence-electron chi connectivity index (χ4n) is 2.90. The van der Waals surface area contributed by atoms with Gasteiger partial charge in [-0.1, -0.05) is 18.2 Å². The molecule has 23 heavy (non-hydrogen) atoms. The van der Waals surface area contributed by atoms with Crippen LogP contribution in [-0.2, 0) is 9.53 Å². The average Bonchev–Trinajstić information content (AvgIpc) is 2.61. The van der Waals surface area contributed by atoms with Crippen LogP contribution in [0.4, 0.5) is 0 Å². The van der Waals surface area contributed by atoms with E-state index in [2.05, 4.69) is 9.97 Å². The largest absolute Gasteiger partial charge is 0.466 e. The van der Waals surface area contributed by atoms with Crippen LogP contribution in [0.1, 0.15) is 30.3 Å². The molecule has 1 aliphatic heterocycles. The van der Waals surface area contributed by atoms with E-state index in [0.717, 1.165) is 10.9 Å². The van der Waals surface area contributed by atoms with Crippen molar-refractivity contribution >= 4 is 22.8 Å². The number of benzene rings is 1. The first kappa shape index (κ1) is 15.4. The number of carbonyl (C=O) groups is 2. The number of carbonyl (C=O) groups excluding carboxylic acids is 2. The van der Waals surface area contributed by atoms with Crippen LogP contribution in [0.3, 0.4) is 0 Å². The Balaban J connectivity index is 1.73. The number of likely N-dealkylation sites (tertiary alicyclic amines) is 1. The van der Waals surface area contributed by atoms with E-state index in [1.807, 2.05) is 24.3 Å². The summed E-state index contributed by atoms with van der Waals surface area (Å²) in [7, 11) is 0. The molecule has 120 valence electrons. The summed E-state index contributed by atoms with van der Waals surface area (Å²) in [6.07, 6.45) is 2.68. The van der Waals surface area contributed by atoms with Gasteiger partial charge in [-0.15, -0.1) is 0 Å². The van der Waals surface area contributed by atoms with Gasteiger partial charge in [0.15, 0.2) is 0 Å². The lowest BCUT2D eigenvalue weighted by molar-refractivity contribution is -0.149. The van der Waals surface area contributed by atoms with Crippen LogP contribution in [0.25, 0.3) is 10.9 Å². The molecule has 0 N–H and O–H groups in total. The molecule has 0 saturated carbocycles. The number of nitrogens with zero attached hydrogens (tertiary/aromatic N) is 3. The smallest absolute Gasteiger partial charge is 0.309 e. The van der Waals surface area contributed by atoms with Gasteiger partial charge in [0, 0.05) is 18.5 Å². The van der Waals surface area contributed by atoms with Crippen molar-refractivity contribution in [2.45, 2.75) is 19.8 Å². The highest BCUT2D eigenvalue weighted by atomic mass is 16.5. The summed E-state index contributed by atoms with van der Waals surface area (Å²) in [5.41, 5.74) is 1.18. The number of para-hydroxylation sites is 1. The Labute approximate surface area is 134 Å². The lowest BCUT2D eigenvalue weighted by atomic mass is 9.96. The molecule has 1 aromatic heterocycles. The molecule has 6 heteroatoms. The molecule has 0 spiro atoms. The first-order chi connectivity index (χ1) is 11.2. The third-order valence-corrected chi connectivity index (χ3v) is 4.15. The Morgan fingerprint density at radius 3 is 2.70 bits per heavy atom. The summed E-state index contributed by atoms with van der Waals surface area (Å²) in [6.45, 7) is 3.28. The van der Waals surface area contributed by atoms with Crippen LogP contribution in [0.2, 0.25) is 0 Å². The molecule has 6 nitrogen and oxygen atoms in total. The van der Waals surface area contributed by atoms with Gasteiger partial charge in [0.2, 0.25) is 0 Å². The predicted octanol–water partition coefficient (Wildman–Crippen LogP) is 2.05. The molecule has 0 unspecified atom stereocenters. The predicted molar refractivity (Wildman–Crippen MR) is 84.8 cm³/mol. The SMILES string of the molecule is CCOC(=O)C1CCN(C(=O)c2ncnc3ccccc23)CC1. The number of fused-ring (bicyclic) bond motifs is 1. The zero-order valence-electron chi connectivity index (χ0n) is 13.1. The molecular weight excluding hydrogens is 294 g/mol. The summed E-state index contributed by atoms with van der Waals surface area (Å²) < 4.78 is 5.06. The second-order valence-electron chi connectivity index (χ2n) is 5.56. The van der Waals surface area contributed by atoms with Gasteiger partial charge in [-0.25, -0.2) is 9.97 Å². The normalized spacial score (nSPS) is 15.6. The molecule has 1 fully saturated rings. The van der Waals surface area contributed by atoms with E-state index in [4.69, 9.17) is 4.74 Å². The van der Waals surface area contributed by atoms with Crippen molar-refractivity contribution in [1.29, 1.82) is 0 Å². The Kier molecular flexibility index (Phi) is 4.50. The molecule has 3 rings (SSSR count). The van der Waals surface area contributed by atoms with Crippen molar-refractivity contribution in [1.82, 2.24) is 14.9 Å². The molecule has 1 saturated heterocycles. The summed E-state index contributed by atoms with van der Waals surface area (Å²) in [5, 5.41) is 0.757. The number of ether oxygens (including phenoxy) is 1. The van der Waals surface area contributed by atoms with Crippen molar-refractivity contribution in [2.24, 2.45) is 5.92 Å². The van der Waals surface area contributed by atoms with Gasteiger partial charge in [0.05, 0.1) is 18.0 Å². The molecule has 0 aliphatic carbocycles. The molecule has 1 aromatic carbocycles. The summed E-state index contributed by atoms with van der Waals surface area (Å²) in [6, 6.07) is 7.47. The fraction of sp³-hybridized carbons (Fsp3) is 0.412. The zero-order chi connectivity index (χ0) is 16.2. The molecular formula is C17H19N3O3. The van der Waals surface area contributed by atoms with Crippen LogP contribution in [0.15, 0.2) is 30.6 Å². The van der Waals surface area contributed by atoms with Gasteiger partial charge >= 0.3 is 5.97 Å². The number of esters is 1. The molecule has 1 amide bonds. The van der Waals surface area contributed by atoms with E-state index in [9.17, 15) is 9.59 Å². The highest BCUT2D eigenvalue weighted by Crippen LogP contribution is 2.22. The Morgan fingerprint density at radius 1 is 1.22 bits per heavy atom. The number of rotatable bonds is 3. The lowest BCUT2D eigenvalue weighted by Crippen LogP contribution is -2.41. The van der Waals surface area contributed by atoms with E-state index in [1.165, 1.54) is 6.33 Å². The first-order valence-electron chi connectivity index (χ1n) is 7.86. The maximum absolute atomic E-state index is 12.7.